The molecule has 1 saturated heterocycles. The summed E-state index contributed by atoms with van der Waals surface area (Å²) in [5.74, 6) is -2.10. The molecule has 0 aromatic heterocycles. The third-order valence-corrected chi connectivity index (χ3v) is 9.92. The number of carbonyl (C=O) groups excluding carboxylic acids is 2. The van der Waals surface area contributed by atoms with Gasteiger partial charge < -0.3 is 38.8 Å². The van der Waals surface area contributed by atoms with E-state index in [2.05, 4.69) is 13.8 Å². The zero-order chi connectivity index (χ0) is 37.0. The molecule has 51 heavy (non-hydrogen) atoms. The summed E-state index contributed by atoms with van der Waals surface area (Å²) >= 11 is 0. The maximum Gasteiger partial charge on any atom is 1.00 e. The van der Waals surface area contributed by atoms with Crippen LogP contribution in [-0.4, -0.2) is 96.0 Å². The molecule has 0 bridgehead atoms. The molecule has 0 saturated carbocycles. The van der Waals surface area contributed by atoms with Gasteiger partial charge in [-0.15, -0.1) is 0 Å². The normalized spacial score (nSPS) is 21.2. The second-order valence-corrected chi connectivity index (χ2v) is 15.4. The summed E-state index contributed by atoms with van der Waals surface area (Å²) in [7, 11) is -4.84. The van der Waals surface area contributed by atoms with Crippen molar-refractivity contribution in [3.8, 4) is 0 Å². The molecule has 0 spiro atoms. The third-order valence-electron chi connectivity index (χ3n) is 9.18. The Morgan fingerprint density at radius 1 is 0.627 bits per heavy atom. The Morgan fingerprint density at radius 3 is 1.47 bits per heavy atom. The van der Waals surface area contributed by atoms with Gasteiger partial charge in [0.2, 0.25) is 0 Å². The van der Waals surface area contributed by atoms with Crippen molar-refractivity contribution in [2.24, 2.45) is 0 Å². The average molecular weight is 761 g/mol. The molecule has 1 aliphatic rings. The molecule has 1 fully saturated rings. The first-order valence-electron chi connectivity index (χ1n) is 19.6. The first-order chi connectivity index (χ1) is 24.0. The molecule has 0 aromatic rings. The summed E-state index contributed by atoms with van der Waals surface area (Å²) < 4.78 is 55.5. The Kier molecular flexibility index (Phi) is 31.7. The van der Waals surface area contributed by atoms with Gasteiger partial charge in [-0.25, -0.2) is 8.42 Å². The van der Waals surface area contributed by atoms with Gasteiger partial charge in [-0.2, -0.15) is 0 Å². The van der Waals surface area contributed by atoms with E-state index in [9.17, 15) is 37.9 Å². The van der Waals surface area contributed by atoms with Crippen LogP contribution >= 0.6 is 0 Å². The van der Waals surface area contributed by atoms with E-state index in [-0.39, 0.29) is 49.0 Å². The number of aliphatic hydroxyl groups is 3. The molecule has 1 aliphatic heterocycles. The minimum absolute atomic E-state index is 0. The van der Waals surface area contributed by atoms with Crippen molar-refractivity contribution in [2.45, 2.75) is 205 Å². The van der Waals surface area contributed by atoms with Crippen molar-refractivity contribution >= 4 is 22.1 Å². The zero-order valence-corrected chi connectivity index (χ0v) is 34.8. The third kappa shape index (κ3) is 27.0. The van der Waals surface area contributed by atoms with Crippen LogP contribution in [0.4, 0.5) is 0 Å². The molecule has 12 nitrogen and oxygen atoms in total. The summed E-state index contributed by atoms with van der Waals surface area (Å²) in [6.45, 7) is 3.69. The molecule has 0 aromatic carbocycles. The molecular formula is C37H69NaO12S. The minimum atomic E-state index is -4.84. The van der Waals surface area contributed by atoms with Crippen molar-refractivity contribution in [3.63, 3.8) is 0 Å². The minimum Gasteiger partial charge on any atom is -0.748 e. The molecule has 296 valence electrons. The Morgan fingerprint density at radius 2 is 1.04 bits per heavy atom. The zero-order valence-electron chi connectivity index (χ0n) is 32.0. The number of ether oxygens (including phenoxy) is 4. The van der Waals surface area contributed by atoms with Gasteiger partial charge in [0.25, 0.3) is 0 Å². The van der Waals surface area contributed by atoms with E-state index in [0.29, 0.717) is 12.8 Å². The van der Waals surface area contributed by atoms with E-state index < -0.39 is 71.2 Å². The first kappa shape index (κ1) is 50.6. The maximum absolute atomic E-state index is 12.7. The van der Waals surface area contributed by atoms with Crippen LogP contribution < -0.4 is 29.6 Å². The largest absolute Gasteiger partial charge is 1.00 e. The van der Waals surface area contributed by atoms with E-state index in [1.54, 1.807) is 0 Å². The van der Waals surface area contributed by atoms with E-state index >= 15 is 0 Å². The summed E-state index contributed by atoms with van der Waals surface area (Å²) in [6, 6.07) is 0. The van der Waals surface area contributed by atoms with Crippen LogP contribution in [-0.2, 0) is 38.7 Å². The van der Waals surface area contributed by atoms with Crippen LogP contribution in [0, 0.1) is 0 Å². The number of carbonyl (C=O) groups is 2. The number of unbranched alkanes of at least 4 members (excludes halogenated alkanes) is 20. The monoisotopic (exact) mass is 760 g/mol. The average Bonchev–Trinajstić information content (AvgIpc) is 3.07. The van der Waals surface area contributed by atoms with Crippen molar-refractivity contribution in [1.82, 2.24) is 0 Å². The number of hydrogen-bond acceptors (Lipinski definition) is 12. The topological polar surface area (TPSA) is 189 Å². The van der Waals surface area contributed by atoms with Crippen molar-refractivity contribution in [3.05, 3.63) is 0 Å². The second-order valence-electron chi connectivity index (χ2n) is 13.9. The standard InChI is InChI=1S/C37H70O12S.Na/c1-3-5-7-9-11-13-15-17-19-21-23-25-32(38)46-27-30(48-33(39)26-24-22-20-18-16-14-12-10-8-6-4-2)28-47-37-36(42)35(41)34(40)31(49-37)29-50(43,44)45;/h30-31,34-37,40-42H,3-29H2,1-2H3,(H,43,44,45);/q;+1/p-1/t30?,31-,34+,35+,36-,37+;/m1./s1. The molecule has 1 rings (SSSR count). The molecule has 3 N–H and O–H groups in total. The predicted octanol–water partition coefficient (Wildman–Crippen LogP) is 3.22. The quantitative estimate of drug-likeness (QED) is 0.0394. The Hall–Kier alpha value is -0.350. The van der Waals surface area contributed by atoms with Gasteiger partial charge in [0.05, 0.1) is 22.5 Å². The molecule has 0 amide bonds. The van der Waals surface area contributed by atoms with Crippen molar-refractivity contribution in [1.29, 1.82) is 0 Å². The smallest absolute Gasteiger partial charge is 0.748 e. The van der Waals surface area contributed by atoms with E-state index in [4.69, 9.17) is 18.9 Å². The van der Waals surface area contributed by atoms with E-state index in [1.807, 2.05) is 0 Å². The number of hydrogen-bond donors (Lipinski definition) is 3. The Bertz CT molecular complexity index is 969. The molecule has 1 unspecified atom stereocenters. The molecule has 14 heteroatoms. The fraction of sp³-hybridized carbons (Fsp3) is 0.946. The Labute approximate surface area is 330 Å². The molecule has 1 heterocycles. The van der Waals surface area contributed by atoms with Crippen LogP contribution in [0.1, 0.15) is 168 Å². The van der Waals surface area contributed by atoms with Crippen LogP contribution in [0.2, 0.25) is 0 Å². The molecule has 0 radical (unpaired) electrons. The van der Waals surface area contributed by atoms with Gasteiger partial charge in [0.1, 0.15) is 31.0 Å². The van der Waals surface area contributed by atoms with E-state index in [0.717, 1.165) is 38.5 Å². The maximum atomic E-state index is 12.7. The Balaban J connectivity index is 0.0000250. The fourth-order valence-corrected chi connectivity index (χ4v) is 6.76. The SMILES string of the molecule is CCCCCCCCCCCCCC(=O)OCC(CO[C@H]1O[C@H](CS(=O)(=O)[O-])[C@H](O)[C@H](O)[C@H]1O)OC(=O)CCCCCCCCCCCCC.[Na+]. The van der Waals surface area contributed by atoms with Gasteiger partial charge in [-0.3, -0.25) is 9.59 Å². The second kappa shape index (κ2) is 31.9. The number of rotatable bonds is 32. The van der Waals surface area contributed by atoms with Crippen LogP contribution in [0.25, 0.3) is 0 Å². The van der Waals surface area contributed by atoms with Crippen LogP contribution in [0.5, 0.6) is 0 Å². The predicted molar refractivity (Wildman–Crippen MR) is 190 cm³/mol. The van der Waals surface area contributed by atoms with Gasteiger partial charge >= 0.3 is 41.5 Å². The number of esters is 2. The summed E-state index contributed by atoms with van der Waals surface area (Å²) in [6.07, 6.45) is 15.7. The summed E-state index contributed by atoms with van der Waals surface area (Å²) in [5, 5.41) is 30.6. The molecule has 6 atom stereocenters. The van der Waals surface area contributed by atoms with Crippen molar-refractivity contribution < 1.29 is 86.4 Å². The molecule has 0 aliphatic carbocycles. The van der Waals surface area contributed by atoms with Crippen LogP contribution in [0.3, 0.4) is 0 Å². The summed E-state index contributed by atoms with van der Waals surface area (Å²) in [5.41, 5.74) is 0. The van der Waals surface area contributed by atoms with Gasteiger partial charge in [0, 0.05) is 12.8 Å². The fourth-order valence-electron chi connectivity index (χ4n) is 6.08. The van der Waals surface area contributed by atoms with Gasteiger partial charge in [-0.1, -0.05) is 142 Å². The van der Waals surface area contributed by atoms with Gasteiger partial charge in [-0.05, 0) is 12.8 Å². The van der Waals surface area contributed by atoms with Gasteiger partial charge in [0.15, 0.2) is 12.4 Å². The molecular weight excluding hydrogens is 691 g/mol. The summed E-state index contributed by atoms with van der Waals surface area (Å²) in [4.78, 5) is 25.2. The van der Waals surface area contributed by atoms with E-state index in [1.165, 1.54) is 89.9 Å². The first-order valence-corrected chi connectivity index (χ1v) is 21.2. The van der Waals surface area contributed by atoms with Crippen LogP contribution in [0.15, 0.2) is 0 Å². The number of aliphatic hydroxyl groups excluding tert-OH is 3. The van der Waals surface area contributed by atoms with Crippen molar-refractivity contribution in [2.75, 3.05) is 19.0 Å².